The molecule has 0 aliphatic rings. The van der Waals surface area contributed by atoms with Crippen molar-refractivity contribution in [2.24, 2.45) is 0 Å². The van der Waals surface area contributed by atoms with Crippen molar-refractivity contribution in [3.05, 3.63) is 33.3 Å². The Balaban J connectivity index is 1.88. The van der Waals surface area contributed by atoms with Crippen molar-refractivity contribution in [2.75, 3.05) is 26.8 Å². The summed E-state index contributed by atoms with van der Waals surface area (Å²) in [5.74, 6) is 0. The second-order valence-electron chi connectivity index (χ2n) is 4.45. The number of rotatable bonds is 8. The van der Waals surface area contributed by atoms with E-state index in [4.69, 9.17) is 27.9 Å². The van der Waals surface area contributed by atoms with Crippen LogP contribution in [0.15, 0.2) is 18.2 Å². The SMILES string of the molecule is COCCNCCCc1nnc(-c2cccc(Cl)c2Cl)s1. The van der Waals surface area contributed by atoms with Crippen LogP contribution >= 0.6 is 34.5 Å². The summed E-state index contributed by atoms with van der Waals surface area (Å²) in [5, 5.41) is 14.6. The van der Waals surface area contributed by atoms with Crippen LogP contribution in [0.3, 0.4) is 0 Å². The average Bonchev–Trinajstić information content (AvgIpc) is 2.94. The number of hydrogen-bond donors (Lipinski definition) is 1. The Bertz CT molecular complexity index is 577. The molecule has 2 rings (SSSR count). The zero-order valence-electron chi connectivity index (χ0n) is 11.7. The lowest BCUT2D eigenvalue weighted by Crippen LogP contribution is -2.20. The Labute approximate surface area is 138 Å². The van der Waals surface area contributed by atoms with Gasteiger partial charge < -0.3 is 10.1 Å². The van der Waals surface area contributed by atoms with Gasteiger partial charge in [-0.05, 0) is 19.0 Å². The molecule has 114 valence electrons. The van der Waals surface area contributed by atoms with E-state index in [2.05, 4.69) is 15.5 Å². The van der Waals surface area contributed by atoms with Gasteiger partial charge in [-0.15, -0.1) is 10.2 Å². The summed E-state index contributed by atoms with van der Waals surface area (Å²) in [6, 6.07) is 5.54. The fourth-order valence-corrected chi connectivity index (χ4v) is 3.16. The molecule has 1 aromatic heterocycles. The second kappa shape index (κ2) is 8.66. The number of benzene rings is 1. The number of hydrogen-bond acceptors (Lipinski definition) is 5. The van der Waals surface area contributed by atoms with Crippen molar-refractivity contribution in [3.63, 3.8) is 0 Å². The summed E-state index contributed by atoms with van der Waals surface area (Å²) in [6.45, 7) is 2.54. The molecule has 2 aromatic rings. The monoisotopic (exact) mass is 345 g/mol. The minimum Gasteiger partial charge on any atom is -0.383 e. The molecule has 0 saturated carbocycles. The Hall–Kier alpha value is -0.720. The smallest absolute Gasteiger partial charge is 0.149 e. The van der Waals surface area contributed by atoms with Gasteiger partial charge in [-0.2, -0.15) is 0 Å². The maximum absolute atomic E-state index is 6.20. The topological polar surface area (TPSA) is 47.0 Å². The van der Waals surface area contributed by atoms with Gasteiger partial charge in [0, 0.05) is 25.6 Å². The molecule has 1 heterocycles. The van der Waals surface area contributed by atoms with Crippen LogP contribution in [0, 0.1) is 0 Å². The first kappa shape index (κ1) is 16.6. The maximum atomic E-state index is 6.20. The van der Waals surface area contributed by atoms with Gasteiger partial charge >= 0.3 is 0 Å². The molecule has 0 unspecified atom stereocenters. The lowest BCUT2D eigenvalue weighted by Gasteiger charge is -2.02. The van der Waals surface area contributed by atoms with E-state index in [1.165, 1.54) is 0 Å². The molecule has 0 aliphatic carbocycles. The quantitative estimate of drug-likeness (QED) is 0.741. The lowest BCUT2D eigenvalue weighted by atomic mass is 10.2. The lowest BCUT2D eigenvalue weighted by molar-refractivity contribution is 0.199. The van der Waals surface area contributed by atoms with Crippen molar-refractivity contribution in [3.8, 4) is 10.6 Å². The molecule has 0 aliphatic heterocycles. The molecule has 0 fully saturated rings. The predicted octanol–water partition coefficient (Wildman–Crippen LogP) is 3.68. The highest BCUT2D eigenvalue weighted by Gasteiger charge is 2.11. The van der Waals surface area contributed by atoms with Crippen LogP contribution in [0.4, 0.5) is 0 Å². The fraction of sp³-hybridized carbons (Fsp3) is 0.429. The zero-order chi connectivity index (χ0) is 15.1. The Morgan fingerprint density at radius 3 is 2.90 bits per heavy atom. The largest absolute Gasteiger partial charge is 0.383 e. The van der Waals surface area contributed by atoms with Gasteiger partial charge in [0.1, 0.15) is 10.0 Å². The average molecular weight is 346 g/mol. The third-order valence-corrected chi connectivity index (χ3v) is 4.71. The van der Waals surface area contributed by atoms with E-state index < -0.39 is 0 Å². The van der Waals surface area contributed by atoms with Crippen molar-refractivity contribution in [1.82, 2.24) is 15.5 Å². The van der Waals surface area contributed by atoms with Crippen LogP contribution in [0.5, 0.6) is 0 Å². The minimum atomic E-state index is 0.531. The summed E-state index contributed by atoms with van der Waals surface area (Å²) >= 11 is 13.8. The van der Waals surface area contributed by atoms with Crippen molar-refractivity contribution >= 4 is 34.5 Å². The zero-order valence-corrected chi connectivity index (χ0v) is 14.1. The molecular weight excluding hydrogens is 329 g/mol. The molecule has 0 bridgehead atoms. The van der Waals surface area contributed by atoms with Crippen LogP contribution < -0.4 is 5.32 Å². The number of nitrogens with zero attached hydrogens (tertiary/aromatic N) is 2. The van der Waals surface area contributed by atoms with Crippen LogP contribution in [0.25, 0.3) is 10.6 Å². The third-order valence-electron chi connectivity index (χ3n) is 2.88. The molecule has 0 spiro atoms. The van der Waals surface area contributed by atoms with Crippen molar-refractivity contribution in [1.29, 1.82) is 0 Å². The van der Waals surface area contributed by atoms with Crippen LogP contribution in [-0.4, -0.2) is 37.0 Å². The van der Waals surface area contributed by atoms with Gasteiger partial charge in [-0.25, -0.2) is 0 Å². The Kier molecular flexibility index (Phi) is 6.86. The molecule has 1 N–H and O–H groups in total. The van der Waals surface area contributed by atoms with Gasteiger partial charge in [0.25, 0.3) is 0 Å². The molecule has 0 saturated heterocycles. The van der Waals surface area contributed by atoms with Crippen LogP contribution in [0.1, 0.15) is 11.4 Å². The summed E-state index contributed by atoms with van der Waals surface area (Å²) in [5.41, 5.74) is 0.839. The Morgan fingerprint density at radius 2 is 2.10 bits per heavy atom. The molecule has 4 nitrogen and oxygen atoms in total. The van der Waals surface area contributed by atoms with Crippen LogP contribution in [-0.2, 0) is 11.2 Å². The standard InChI is InChI=1S/C14H17Cl2N3OS/c1-20-9-8-17-7-3-6-12-18-19-14(21-12)10-4-2-5-11(15)13(10)16/h2,4-5,17H,3,6-9H2,1H3. The van der Waals surface area contributed by atoms with E-state index in [0.29, 0.717) is 10.0 Å². The summed E-state index contributed by atoms with van der Waals surface area (Å²) in [6.07, 6.45) is 1.91. The normalized spacial score (nSPS) is 11.0. The third kappa shape index (κ3) is 4.90. The minimum absolute atomic E-state index is 0.531. The van der Waals surface area contributed by atoms with E-state index in [9.17, 15) is 0 Å². The van der Waals surface area contributed by atoms with E-state index in [0.717, 1.165) is 48.1 Å². The number of halogens is 2. The molecule has 7 heteroatoms. The Morgan fingerprint density at radius 1 is 1.24 bits per heavy atom. The van der Waals surface area contributed by atoms with Gasteiger partial charge in [0.05, 0.1) is 16.7 Å². The first-order valence-electron chi connectivity index (χ1n) is 6.69. The van der Waals surface area contributed by atoms with Gasteiger partial charge in [0.2, 0.25) is 0 Å². The number of ether oxygens (including phenoxy) is 1. The number of nitrogens with one attached hydrogen (secondary N) is 1. The highest BCUT2D eigenvalue weighted by Crippen LogP contribution is 2.34. The molecular formula is C14H17Cl2N3OS. The van der Waals surface area contributed by atoms with Crippen molar-refractivity contribution in [2.45, 2.75) is 12.8 Å². The van der Waals surface area contributed by atoms with Gasteiger partial charge in [-0.3, -0.25) is 0 Å². The van der Waals surface area contributed by atoms with Crippen molar-refractivity contribution < 1.29 is 4.74 Å². The predicted molar refractivity (Wildman–Crippen MR) is 88.4 cm³/mol. The van der Waals surface area contributed by atoms with E-state index in [1.807, 2.05) is 12.1 Å². The first-order chi connectivity index (χ1) is 10.2. The van der Waals surface area contributed by atoms with Crippen LogP contribution in [0.2, 0.25) is 10.0 Å². The summed E-state index contributed by atoms with van der Waals surface area (Å²) < 4.78 is 4.97. The summed E-state index contributed by atoms with van der Waals surface area (Å²) in [4.78, 5) is 0. The number of aromatic nitrogens is 2. The number of methoxy groups -OCH3 is 1. The molecule has 0 atom stereocenters. The van der Waals surface area contributed by atoms with Gasteiger partial charge in [-0.1, -0.05) is 46.7 Å². The highest BCUT2D eigenvalue weighted by molar-refractivity contribution is 7.14. The maximum Gasteiger partial charge on any atom is 0.149 e. The van der Waals surface area contributed by atoms with E-state index >= 15 is 0 Å². The van der Waals surface area contributed by atoms with E-state index in [1.54, 1.807) is 24.5 Å². The molecule has 0 amide bonds. The first-order valence-corrected chi connectivity index (χ1v) is 8.26. The van der Waals surface area contributed by atoms with Gasteiger partial charge in [0.15, 0.2) is 0 Å². The van der Waals surface area contributed by atoms with E-state index in [-0.39, 0.29) is 0 Å². The fourth-order valence-electron chi connectivity index (χ4n) is 1.80. The number of aryl methyl sites for hydroxylation is 1. The molecule has 1 aromatic carbocycles. The second-order valence-corrected chi connectivity index (χ2v) is 6.30. The highest BCUT2D eigenvalue weighted by atomic mass is 35.5. The molecule has 21 heavy (non-hydrogen) atoms. The molecule has 0 radical (unpaired) electrons. The summed E-state index contributed by atoms with van der Waals surface area (Å²) in [7, 11) is 1.70.